The molecule has 41 heavy (non-hydrogen) atoms. The van der Waals surface area contributed by atoms with Crippen molar-refractivity contribution in [2.45, 2.75) is 64.5 Å². The Hall–Kier alpha value is -3.91. The van der Waals surface area contributed by atoms with Crippen molar-refractivity contribution >= 4 is 35.2 Å². The van der Waals surface area contributed by atoms with Gasteiger partial charge in [0.1, 0.15) is 29.7 Å². The molecule has 1 aromatic carbocycles. The molecule has 11 nitrogen and oxygen atoms in total. The van der Waals surface area contributed by atoms with Crippen LogP contribution in [0.1, 0.15) is 34.1 Å². The molecule has 2 unspecified atom stereocenters. The van der Waals surface area contributed by atoms with Crippen LogP contribution >= 0.6 is 0 Å². The summed E-state index contributed by atoms with van der Waals surface area (Å²) in [6, 6.07) is -0.701. The number of benzene rings is 1. The number of nitrogens with one attached hydrogen (secondary N) is 3. The number of rotatable bonds is 8. The second kappa shape index (κ2) is 10.5. The maximum atomic E-state index is 13.6. The molecule has 0 bridgehead atoms. The van der Waals surface area contributed by atoms with Crippen molar-refractivity contribution in [2.24, 2.45) is 28.9 Å². The smallest absolute Gasteiger partial charge is 0.471 e. The number of hydrogen-bond donors (Lipinski definition) is 4. The monoisotopic (exact) mass is 585 g/mol. The number of fused-ring (bicyclic) bond motifs is 2. The Kier molecular flexibility index (Phi) is 7.69. The molecule has 3 aliphatic rings. The van der Waals surface area contributed by atoms with Crippen molar-refractivity contribution in [3.05, 3.63) is 24.0 Å². The summed E-state index contributed by atoms with van der Waals surface area (Å²) >= 11 is 0. The lowest BCUT2D eigenvalue weighted by Gasteiger charge is -2.35. The summed E-state index contributed by atoms with van der Waals surface area (Å²) in [6.45, 7) is 6.73. The third kappa shape index (κ3) is 5.79. The van der Waals surface area contributed by atoms with Crippen LogP contribution in [0.25, 0.3) is 0 Å². The molecule has 2 fully saturated rings. The fraction of sp³-hybridized carbons (Fsp3) is 0.577. The van der Waals surface area contributed by atoms with Crippen molar-refractivity contribution in [3.63, 3.8) is 0 Å². The highest BCUT2D eigenvalue weighted by molar-refractivity contribution is 5.99. The molecule has 5 N–H and O–H groups in total. The zero-order chi connectivity index (χ0) is 30.6. The SMILES string of the molecule is CC(C)C(NC(=O)C(F)(F)F)C(=O)N1C[C@H]2[C@@H]([C@H]1C(=O)NC(C[C@@H]1Oc3ccc(F)cc3NC1=O)C(N)=O)C2(C)C. The lowest BCUT2D eigenvalue weighted by Crippen LogP contribution is -2.60. The van der Waals surface area contributed by atoms with Crippen molar-refractivity contribution in [2.75, 3.05) is 11.9 Å². The van der Waals surface area contributed by atoms with Crippen LogP contribution in [0.2, 0.25) is 0 Å². The second-order valence-corrected chi connectivity index (χ2v) is 11.5. The minimum absolute atomic E-state index is 0.0580. The van der Waals surface area contributed by atoms with Crippen molar-refractivity contribution in [3.8, 4) is 5.75 Å². The number of anilines is 1. The molecule has 0 radical (unpaired) electrons. The van der Waals surface area contributed by atoms with E-state index in [0.717, 1.165) is 17.0 Å². The van der Waals surface area contributed by atoms with Crippen LogP contribution in [0.15, 0.2) is 18.2 Å². The minimum atomic E-state index is -5.21. The van der Waals surface area contributed by atoms with E-state index in [1.807, 2.05) is 13.8 Å². The number of likely N-dealkylation sites (tertiary alicyclic amines) is 1. The van der Waals surface area contributed by atoms with Crippen molar-refractivity contribution in [1.29, 1.82) is 0 Å². The predicted octanol–water partition coefficient (Wildman–Crippen LogP) is 1.07. The van der Waals surface area contributed by atoms with E-state index in [1.165, 1.54) is 19.9 Å². The maximum Gasteiger partial charge on any atom is 0.471 e. The number of amides is 5. The topological polar surface area (TPSA) is 160 Å². The fourth-order valence-corrected chi connectivity index (χ4v) is 5.72. The van der Waals surface area contributed by atoms with Crippen LogP contribution in [-0.4, -0.2) is 71.4 Å². The van der Waals surface area contributed by atoms with E-state index in [0.29, 0.717) is 0 Å². The predicted molar refractivity (Wildman–Crippen MR) is 134 cm³/mol. The first-order valence-corrected chi connectivity index (χ1v) is 13.0. The molecule has 5 amide bonds. The van der Waals surface area contributed by atoms with Gasteiger partial charge in [-0.2, -0.15) is 13.2 Å². The van der Waals surface area contributed by atoms with Gasteiger partial charge in [0.15, 0.2) is 6.10 Å². The molecule has 0 aromatic heterocycles. The second-order valence-electron chi connectivity index (χ2n) is 11.5. The Bertz CT molecular complexity index is 1290. The van der Waals surface area contributed by atoms with Crippen molar-refractivity contribution in [1.82, 2.24) is 15.5 Å². The third-order valence-electron chi connectivity index (χ3n) is 8.11. The molecule has 2 aliphatic heterocycles. The van der Waals surface area contributed by atoms with Gasteiger partial charge >= 0.3 is 12.1 Å². The average molecular weight is 586 g/mol. The van der Waals surface area contributed by atoms with Crippen LogP contribution in [0.4, 0.5) is 23.2 Å². The molecular formula is C26H31F4N5O6. The summed E-state index contributed by atoms with van der Waals surface area (Å²) in [5, 5.41) is 6.67. The highest BCUT2D eigenvalue weighted by atomic mass is 19.4. The lowest BCUT2D eigenvalue weighted by molar-refractivity contribution is -0.175. The largest absolute Gasteiger partial charge is 0.478 e. The number of primary amides is 1. The highest BCUT2D eigenvalue weighted by Crippen LogP contribution is 2.65. The summed E-state index contributed by atoms with van der Waals surface area (Å²) in [4.78, 5) is 64.6. The number of ether oxygens (including phenoxy) is 1. The molecule has 2 heterocycles. The van der Waals surface area contributed by atoms with Gasteiger partial charge in [-0.3, -0.25) is 24.0 Å². The quantitative estimate of drug-likeness (QED) is 0.334. The Morgan fingerprint density at radius 3 is 2.44 bits per heavy atom. The number of piperidine rings is 1. The Morgan fingerprint density at radius 1 is 1.20 bits per heavy atom. The molecule has 15 heteroatoms. The summed E-state index contributed by atoms with van der Waals surface area (Å²) in [6.07, 6.45) is -6.88. The van der Waals surface area contributed by atoms with Gasteiger partial charge in [0.25, 0.3) is 5.91 Å². The van der Waals surface area contributed by atoms with E-state index >= 15 is 0 Å². The van der Waals surface area contributed by atoms with Gasteiger partial charge in [0.05, 0.1) is 5.69 Å². The number of halogens is 4. The zero-order valence-electron chi connectivity index (χ0n) is 22.7. The Labute approximate surface area is 232 Å². The van der Waals surface area contributed by atoms with Crippen LogP contribution in [0, 0.1) is 29.0 Å². The van der Waals surface area contributed by atoms with E-state index in [2.05, 4.69) is 10.6 Å². The standard InChI is InChI=1S/C26H31F4N5O6/c1-10(2)18(34-24(40)26(28,29)30)23(39)35-9-12-17(25(12,3)4)19(35)22(38)33-14(20(31)36)8-16-21(37)32-13-7-11(27)5-6-15(13)41-16/h5-7,10,12,14,16-19H,8-9H2,1-4H3,(H2,31,36)(H,32,37)(H,33,38)(H,34,40)/t12-,14?,16-,17-,18?,19-/m0/s1. The van der Waals surface area contributed by atoms with E-state index in [1.54, 1.807) is 5.32 Å². The van der Waals surface area contributed by atoms with Gasteiger partial charge in [-0.05, 0) is 35.3 Å². The molecule has 224 valence electrons. The Balaban J connectivity index is 1.52. The van der Waals surface area contributed by atoms with E-state index < -0.39 is 78.1 Å². The number of carbonyl (C=O) groups is 5. The zero-order valence-corrected chi connectivity index (χ0v) is 22.7. The molecule has 1 saturated heterocycles. The summed E-state index contributed by atoms with van der Waals surface area (Å²) in [5.41, 5.74) is 5.22. The first-order chi connectivity index (χ1) is 18.9. The highest BCUT2D eigenvalue weighted by Gasteiger charge is 2.69. The number of alkyl halides is 3. The van der Waals surface area contributed by atoms with E-state index in [9.17, 15) is 41.5 Å². The first-order valence-electron chi connectivity index (χ1n) is 13.0. The molecule has 6 atom stereocenters. The van der Waals surface area contributed by atoms with E-state index in [4.69, 9.17) is 10.5 Å². The number of hydrogen-bond acceptors (Lipinski definition) is 6. The molecular weight excluding hydrogens is 554 g/mol. The third-order valence-corrected chi connectivity index (χ3v) is 8.11. The number of carbonyl (C=O) groups excluding carboxylic acids is 5. The molecule has 1 saturated carbocycles. The minimum Gasteiger partial charge on any atom is -0.478 e. The maximum absolute atomic E-state index is 13.6. The summed E-state index contributed by atoms with van der Waals surface area (Å²) < 4.78 is 57.9. The van der Waals surface area contributed by atoms with Crippen LogP contribution in [0.3, 0.4) is 0 Å². The number of nitrogens with zero attached hydrogens (tertiary/aromatic N) is 1. The van der Waals surface area contributed by atoms with Gasteiger partial charge in [0.2, 0.25) is 17.7 Å². The van der Waals surface area contributed by atoms with Crippen LogP contribution in [0.5, 0.6) is 5.75 Å². The van der Waals surface area contributed by atoms with Gasteiger partial charge < -0.3 is 31.3 Å². The van der Waals surface area contributed by atoms with Crippen molar-refractivity contribution < 1.29 is 46.3 Å². The lowest BCUT2D eigenvalue weighted by atomic mass is 9.96. The molecule has 0 spiro atoms. The molecule has 4 rings (SSSR count). The van der Waals surface area contributed by atoms with Crippen LogP contribution < -0.4 is 26.4 Å². The van der Waals surface area contributed by atoms with Gasteiger partial charge in [-0.1, -0.05) is 27.7 Å². The fourth-order valence-electron chi connectivity index (χ4n) is 5.72. The first kappa shape index (κ1) is 30.1. The normalized spacial score (nSPS) is 25.7. The van der Waals surface area contributed by atoms with Gasteiger partial charge in [-0.15, -0.1) is 0 Å². The van der Waals surface area contributed by atoms with Gasteiger partial charge in [-0.25, -0.2) is 4.39 Å². The summed E-state index contributed by atoms with van der Waals surface area (Å²) in [5.74, 6) is -7.36. The Morgan fingerprint density at radius 2 is 1.85 bits per heavy atom. The van der Waals surface area contributed by atoms with E-state index in [-0.39, 0.29) is 35.2 Å². The molecule has 1 aliphatic carbocycles. The average Bonchev–Trinajstić information content (AvgIpc) is 3.19. The van der Waals surface area contributed by atoms with Gasteiger partial charge in [0, 0.05) is 19.0 Å². The summed E-state index contributed by atoms with van der Waals surface area (Å²) in [7, 11) is 0. The molecule has 1 aromatic rings. The van der Waals surface area contributed by atoms with Crippen LogP contribution in [-0.2, 0) is 24.0 Å². The number of nitrogens with two attached hydrogens (primary N) is 1.